The van der Waals surface area contributed by atoms with Crippen molar-refractivity contribution >= 4 is 35.6 Å². The van der Waals surface area contributed by atoms with Crippen molar-refractivity contribution in [3.63, 3.8) is 0 Å². The standard InChI is InChI=1S/C27H26ClN3O5/c1-2-3-15-35-23-13-9-20(10-14-23)27(34)36-24-11-7-19(8-12-24)17-30-31-25(32)18-29-26(33)21-5-4-6-22(28)16-21/h4-14,16-17H,2-3,15,18H2,1H3,(H,29,33)(H,31,32)/b30-17+. The molecule has 8 nitrogen and oxygen atoms in total. The molecule has 3 aromatic rings. The highest BCUT2D eigenvalue weighted by Crippen LogP contribution is 2.17. The molecule has 0 saturated heterocycles. The summed E-state index contributed by atoms with van der Waals surface area (Å²) < 4.78 is 11.0. The van der Waals surface area contributed by atoms with Crippen molar-refractivity contribution < 1.29 is 23.9 Å². The van der Waals surface area contributed by atoms with Crippen molar-refractivity contribution in [3.05, 3.63) is 94.5 Å². The molecule has 36 heavy (non-hydrogen) atoms. The Morgan fingerprint density at radius 1 is 0.944 bits per heavy atom. The van der Waals surface area contributed by atoms with Gasteiger partial charge < -0.3 is 14.8 Å². The van der Waals surface area contributed by atoms with Crippen molar-refractivity contribution in [1.82, 2.24) is 10.7 Å². The van der Waals surface area contributed by atoms with Gasteiger partial charge in [0.1, 0.15) is 11.5 Å². The number of hydrogen-bond acceptors (Lipinski definition) is 6. The van der Waals surface area contributed by atoms with Crippen LogP contribution in [-0.4, -0.2) is 37.1 Å². The molecule has 0 aliphatic heterocycles. The SMILES string of the molecule is CCCCOc1ccc(C(=O)Oc2ccc(/C=N/NC(=O)CNC(=O)c3cccc(Cl)c3)cc2)cc1. The summed E-state index contributed by atoms with van der Waals surface area (Å²) in [6.07, 6.45) is 3.45. The fraction of sp³-hybridized carbons (Fsp3) is 0.185. The van der Waals surface area contributed by atoms with E-state index in [1.165, 1.54) is 12.3 Å². The molecule has 0 atom stereocenters. The first-order chi connectivity index (χ1) is 17.4. The molecular weight excluding hydrogens is 482 g/mol. The number of nitrogens with one attached hydrogen (secondary N) is 2. The second kappa shape index (κ2) is 13.7. The average Bonchev–Trinajstić information content (AvgIpc) is 2.89. The normalized spacial score (nSPS) is 10.6. The van der Waals surface area contributed by atoms with E-state index >= 15 is 0 Å². The van der Waals surface area contributed by atoms with E-state index in [4.69, 9.17) is 21.1 Å². The maximum atomic E-state index is 12.4. The summed E-state index contributed by atoms with van der Waals surface area (Å²) in [6.45, 7) is 2.48. The third-order valence-corrected chi connectivity index (χ3v) is 5.08. The molecular formula is C27H26ClN3O5. The number of nitrogens with zero attached hydrogens (tertiary/aromatic N) is 1. The Bertz CT molecular complexity index is 1210. The smallest absolute Gasteiger partial charge is 0.343 e. The van der Waals surface area contributed by atoms with Crippen LogP contribution in [0.25, 0.3) is 0 Å². The van der Waals surface area contributed by atoms with Crippen LogP contribution < -0.4 is 20.2 Å². The Morgan fingerprint density at radius 2 is 1.67 bits per heavy atom. The van der Waals surface area contributed by atoms with Crippen LogP contribution in [0.15, 0.2) is 77.9 Å². The minimum Gasteiger partial charge on any atom is -0.494 e. The molecule has 0 fully saturated rings. The number of hydrogen-bond donors (Lipinski definition) is 2. The van der Waals surface area contributed by atoms with Gasteiger partial charge in [-0.05, 0) is 78.7 Å². The van der Waals surface area contributed by atoms with Gasteiger partial charge in [0, 0.05) is 10.6 Å². The third-order valence-electron chi connectivity index (χ3n) is 4.85. The Labute approximate surface area is 214 Å². The first-order valence-electron chi connectivity index (χ1n) is 11.4. The lowest BCUT2D eigenvalue weighted by Gasteiger charge is -2.07. The maximum Gasteiger partial charge on any atom is 0.343 e. The number of benzene rings is 3. The Balaban J connectivity index is 1.42. The van der Waals surface area contributed by atoms with Gasteiger partial charge in [-0.15, -0.1) is 0 Å². The molecule has 0 spiro atoms. The van der Waals surface area contributed by atoms with E-state index in [1.54, 1.807) is 66.7 Å². The Morgan fingerprint density at radius 3 is 2.36 bits per heavy atom. The van der Waals surface area contributed by atoms with Crippen LogP contribution in [-0.2, 0) is 4.79 Å². The highest BCUT2D eigenvalue weighted by Gasteiger charge is 2.10. The number of rotatable bonds is 11. The number of hydrazone groups is 1. The van der Waals surface area contributed by atoms with Gasteiger partial charge in [0.05, 0.1) is 24.9 Å². The lowest BCUT2D eigenvalue weighted by molar-refractivity contribution is -0.120. The first-order valence-corrected chi connectivity index (χ1v) is 11.7. The van der Waals surface area contributed by atoms with Crippen molar-refractivity contribution in [2.45, 2.75) is 19.8 Å². The van der Waals surface area contributed by atoms with E-state index in [1.807, 2.05) is 0 Å². The van der Waals surface area contributed by atoms with Crippen molar-refractivity contribution in [2.75, 3.05) is 13.2 Å². The number of halogens is 1. The van der Waals surface area contributed by atoms with Crippen LogP contribution in [0.2, 0.25) is 5.02 Å². The van der Waals surface area contributed by atoms with Gasteiger partial charge in [-0.25, -0.2) is 10.2 Å². The minimum atomic E-state index is -0.492. The predicted octanol–water partition coefficient (Wildman–Crippen LogP) is 4.62. The van der Waals surface area contributed by atoms with Crippen LogP contribution in [0.1, 0.15) is 46.0 Å². The fourth-order valence-electron chi connectivity index (χ4n) is 2.92. The van der Waals surface area contributed by atoms with Crippen LogP contribution in [0.5, 0.6) is 11.5 Å². The number of amides is 2. The highest BCUT2D eigenvalue weighted by atomic mass is 35.5. The summed E-state index contributed by atoms with van der Waals surface area (Å²) in [7, 11) is 0. The van der Waals surface area contributed by atoms with Gasteiger partial charge in [0.25, 0.3) is 11.8 Å². The number of ether oxygens (including phenoxy) is 2. The molecule has 0 aliphatic carbocycles. The molecule has 0 bridgehead atoms. The van der Waals surface area contributed by atoms with Crippen molar-refractivity contribution in [2.24, 2.45) is 5.10 Å². The molecule has 186 valence electrons. The Hall–Kier alpha value is -4.17. The average molecular weight is 508 g/mol. The van der Waals surface area contributed by atoms with Crippen LogP contribution in [0.3, 0.4) is 0 Å². The van der Waals surface area contributed by atoms with E-state index in [0.717, 1.165) is 12.8 Å². The molecule has 0 saturated carbocycles. The van der Waals surface area contributed by atoms with E-state index < -0.39 is 17.8 Å². The van der Waals surface area contributed by atoms with Gasteiger partial charge >= 0.3 is 5.97 Å². The van der Waals surface area contributed by atoms with E-state index in [9.17, 15) is 14.4 Å². The summed E-state index contributed by atoms with van der Waals surface area (Å²) in [5.41, 5.74) is 3.77. The van der Waals surface area contributed by atoms with Crippen molar-refractivity contribution in [3.8, 4) is 11.5 Å². The van der Waals surface area contributed by atoms with E-state index in [2.05, 4.69) is 22.8 Å². The number of carbonyl (C=O) groups excluding carboxylic acids is 3. The summed E-state index contributed by atoms with van der Waals surface area (Å²) in [4.78, 5) is 36.3. The number of unbranched alkanes of at least 4 members (excludes halogenated alkanes) is 1. The summed E-state index contributed by atoms with van der Waals surface area (Å²) in [5.74, 6) is -0.317. The van der Waals surface area contributed by atoms with Gasteiger partial charge in [0.2, 0.25) is 0 Å². The molecule has 0 radical (unpaired) electrons. The molecule has 3 rings (SSSR count). The summed E-state index contributed by atoms with van der Waals surface area (Å²) >= 11 is 5.86. The zero-order valence-electron chi connectivity index (χ0n) is 19.7. The van der Waals surface area contributed by atoms with Crippen molar-refractivity contribution in [1.29, 1.82) is 0 Å². The minimum absolute atomic E-state index is 0.247. The summed E-state index contributed by atoms with van der Waals surface area (Å²) in [6, 6.07) is 19.8. The zero-order chi connectivity index (χ0) is 25.8. The van der Waals surface area contributed by atoms with E-state index in [-0.39, 0.29) is 6.54 Å². The topological polar surface area (TPSA) is 106 Å². The van der Waals surface area contributed by atoms with Gasteiger partial charge in [-0.1, -0.05) is 31.0 Å². The molecule has 0 heterocycles. The van der Waals surface area contributed by atoms with Crippen LogP contribution in [0.4, 0.5) is 0 Å². The van der Waals surface area contributed by atoms with Crippen LogP contribution >= 0.6 is 11.6 Å². The summed E-state index contributed by atoms with van der Waals surface area (Å²) in [5, 5.41) is 6.78. The molecule has 2 N–H and O–H groups in total. The molecule has 0 unspecified atom stereocenters. The number of esters is 1. The lowest BCUT2D eigenvalue weighted by Crippen LogP contribution is -2.34. The second-order valence-electron chi connectivity index (χ2n) is 7.67. The molecule has 2 amide bonds. The molecule has 0 aliphatic rings. The number of carbonyl (C=O) groups is 3. The monoisotopic (exact) mass is 507 g/mol. The maximum absolute atomic E-state index is 12.4. The first kappa shape index (κ1) is 26.4. The van der Waals surface area contributed by atoms with Gasteiger partial charge in [0.15, 0.2) is 0 Å². The Kier molecular flexibility index (Phi) is 10.0. The molecule has 9 heteroatoms. The highest BCUT2D eigenvalue weighted by molar-refractivity contribution is 6.31. The molecule has 0 aromatic heterocycles. The van der Waals surface area contributed by atoms with E-state index in [0.29, 0.717) is 39.8 Å². The predicted molar refractivity (Wildman–Crippen MR) is 138 cm³/mol. The second-order valence-corrected chi connectivity index (χ2v) is 8.11. The molecule has 3 aromatic carbocycles. The van der Waals surface area contributed by atoms with Gasteiger partial charge in [-0.3, -0.25) is 9.59 Å². The zero-order valence-corrected chi connectivity index (χ0v) is 20.5. The third kappa shape index (κ3) is 8.56. The quantitative estimate of drug-likeness (QED) is 0.129. The largest absolute Gasteiger partial charge is 0.494 e. The fourth-order valence-corrected chi connectivity index (χ4v) is 3.11. The lowest BCUT2D eigenvalue weighted by atomic mass is 10.2. The van der Waals surface area contributed by atoms with Gasteiger partial charge in [-0.2, -0.15) is 5.10 Å². The van der Waals surface area contributed by atoms with Crippen LogP contribution in [0, 0.1) is 0 Å².